The first-order valence-corrected chi connectivity index (χ1v) is 13.6. The number of terminal acetylenes is 1. The molecule has 0 saturated carbocycles. The first-order chi connectivity index (χ1) is 20.6. The van der Waals surface area contributed by atoms with Crippen LogP contribution in [-0.2, 0) is 14.3 Å². The molecule has 10 nitrogen and oxygen atoms in total. The lowest BCUT2D eigenvalue weighted by atomic mass is 9.78. The molecule has 1 amide bonds. The third-order valence-corrected chi connectivity index (χ3v) is 7.82. The van der Waals surface area contributed by atoms with Gasteiger partial charge in [-0.25, -0.2) is 9.18 Å². The van der Waals surface area contributed by atoms with Crippen LogP contribution in [0, 0.1) is 24.1 Å². The number of aliphatic hydroxyl groups excluding tert-OH is 4. The molecule has 5 rings (SSSR count). The van der Waals surface area contributed by atoms with Gasteiger partial charge in [0.05, 0.1) is 18.1 Å². The molecule has 2 fully saturated rings. The Bertz CT molecular complexity index is 1490. The van der Waals surface area contributed by atoms with Crippen LogP contribution in [0.2, 0.25) is 0 Å². The molecular weight excluding hydrogens is 561 g/mol. The SMILES string of the molecule is C#Cc1ccc(N2C(=O)C(CC[C@H](O)c3ccc(F)cc3)[C@H]2c2ccc(O[C@@H]3O[C@H](C(=O)O)[C@@H](O)[C@H](O)[C@H]3O)cc2)cc1. The summed E-state index contributed by atoms with van der Waals surface area (Å²) in [4.78, 5) is 26.4. The average molecular weight is 592 g/mol. The van der Waals surface area contributed by atoms with Crippen LogP contribution in [0.1, 0.15) is 41.7 Å². The Labute approximate surface area is 246 Å². The summed E-state index contributed by atoms with van der Waals surface area (Å²) in [5.74, 6) is 0.161. The van der Waals surface area contributed by atoms with Crippen molar-refractivity contribution in [2.24, 2.45) is 5.92 Å². The maximum Gasteiger partial charge on any atom is 0.335 e. The van der Waals surface area contributed by atoms with Crippen LogP contribution in [0.15, 0.2) is 72.8 Å². The monoisotopic (exact) mass is 591 g/mol. The number of hydrogen-bond acceptors (Lipinski definition) is 8. The Morgan fingerprint density at radius 2 is 1.63 bits per heavy atom. The zero-order valence-electron chi connectivity index (χ0n) is 22.7. The van der Waals surface area contributed by atoms with Gasteiger partial charge < -0.3 is 39.9 Å². The zero-order valence-corrected chi connectivity index (χ0v) is 22.7. The van der Waals surface area contributed by atoms with Crippen molar-refractivity contribution < 1.29 is 49.0 Å². The zero-order chi connectivity index (χ0) is 30.8. The third kappa shape index (κ3) is 6.10. The summed E-state index contributed by atoms with van der Waals surface area (Å²) in [7, 11) is 0. The number of ether oxygens (including phenoxy) is 2. The molecule has 2 heterocycles. The van der Waals surface area contributed by atoms with E-state index in [2.05, 4.69) is 5.92 Å². The molecule has 11 heteroatoms. The summed E-state index contributed by atoms with van der Waals surface area (Å²) < 4.78 is 24.1. The van der Waals surface area contributed by atoms with E-state index in [1.165, 1.54) is 24.3 Å². The van der Waals surface area contributed by atoms with Crippen LogP contribution < -0.4 is 9.64 Å². The number of carbonyl (C=O) groups excluding carboxylic acids is 1. The second kappa shape index (κ2) is 12.5. The Morgan fingerprint density at radius 1 is 0.977 bits per heavy atom. The summed E-state index contributed by atoms with van der Waals surface area (Å²) in [6.45, 7) is 0. The molecule has 1 unspecified atom stereocenters. The fourth-order valence-electron chi connectivity index (χ4n) is 5.43. The molecule has 43 heavy (non-hydrogen) atoms. The molecule has 3 aromatic carbocycles. The van der Waals surface area contributed by atoms with Crippen LogP contribution in [0.4, 0.5) is 10.1 Å². The van der Waals surface area contributed by atoms with Crippen molar-refractivity contribution >= 4 is 17.6 Å². The quantitative estimate of drug-likeness (QED) is 0.186. The van der Waals surface area contributed by atoms with E-state index in [4.69, 9.17) is 15.9 Å². The number of rotatable bonds is 9. The van der Waals surface area contributed by atoms with Crippen molar-refractivity contribution in [1.82, 2.24) is 0 Å². The Morgan fingerprint density at radius 3 is 2.23 bits per heavy atom. The highest BCUT2D eigenvalue weighted by Crippen LogP contribution is 2.46. The number of carbonyl (C=O) groups is 2. The van der Waals surface area contributed by atoms with Gasteiger partial charge in [-0.05, 0) is 72.5 Å². The van der Waals surface area contributed by atoms with E-state index in [9.17, 15) is 39.5 Å². The minimum absolute atomic E-state index is 0.143. The number of hydrogen-bond donors (Lipinski definition) is 5. The van der Waals surface area contributed by atoms with Crippen molar-refractivity contribution in [1.29, 1.82) is 0 Å². The summed E-state index contributed by atoms with van der Waals surface area (Å²) >= 11 is 0. The number of amides is 1. The molecule has 0 aromatic heterocycles. The second-order valence-corrected chi connectivity index (χ2v) is 10.5. The number of β-lactam (4-membered cyclic amide) rings is 1. The summed E-state index contributed by atoms with van der Waals surface area (Å²) in [6.07, 6.45) is -3.54. The minimum Gasteiger partial charge on any atom is -0.479 e. The normalized spacial score (nSPS) is 27.6. The van der Waals surface area contributed by atoms with Crippen LogP contribution in [-0.4, -0.2) is 68.1 Å². The first kappa shape index (κ1) is 30.2. The summed E-state index contributed by atoms with van der Waals surface area (Å²) in [5.41, 5.74) is 2.57. The fraction of sp³-hybridized carbons (Fsp3) is 0.312. The number of aliphatic hydroxyl groups is 4. The van der Waals surface area contributed by atoms with Crippen molar-refractivity contribution in [3.63, 3.8) is 0 Å². The fourth-order valence-corrected chi connectivity index (χ4v) is 5.43. The minimum atomic E-state index is -1.84. The maximum atomic E-state index is 13.4. The van der Waals surface area contributed by atoms with E-state index in [1.54, 1.807) is 53.4 Å². The Kier molecular flexibility index (Phi) is 8.77. The average Bonchev–Trinajstić information content (AvgIpc) is 3.01. The molecule has 3 aromatic rings. The summed E-state index contributed by atoms with van der Waals surface area (Å²) in [5, 5.41) is 50.2. The molecule has 0 spiro atoms. The molecule has 0 radical (unpaired) electrons. The van der Waals surface area contributed by atoms with Gasteiger partial charge in [-0.1, -0.05) is 30.2 Å². The van der Waals surface area contributed by atoms with Crippen LogP contribution >= 0.6 is 0 Å². The lowest BCUT2D eigenvalue weighted by Crippen LogP contribution is -2.61. The van der Waals surface area contributed by atoms with Gasteiger partial charge in [-0.3, -0.25) is 4.79 Å². The van der Waals surface area contributed by atoms with Crippen molar-refractivity contribution in [3.05, 3.63) is 95.3 Å². The van der Waals surface area contributed by atoms with Gasteiger partial charge in [-0.2, -0.15) is 0 Å². The van der Waals surface area contributed by atoms with E-state index in [0.29, 0.717) is 23.2 Å². The molecule has 2 aliphatic heterocycles. The van der Waals surface area contributed by atoms with Gasteiger partial charge in [0.25, 0.3) is 0 Å². The number of anilines is 1. The molecular formula is C32H30FNO9. The van der Waals surface area contributed by atoms with Crippen LogP contribution in [0.5, 0.6) is 5.75 Å². The largest absolute Gasteiger partial charge is 0.479 e. The predicted octanol–water partition coefficient (Wildman–Crippen LogP) is 2.30. The van der Waals surface area contributed by atoms with Crippen LogP contribution in [0.25, 0.3) is 0 Å². The van der Waals surface area contributed by atoms with Gasteiger partial charge in [0, 0.05) is 11.3 Å². The molecule has 2 saturated heterocycles. The van der Waals surface area contributed by atoms with Crippen molar-refractivity contribution in [2.75, 3.05) is 4.90 Å². The van der Waals surface area contributed by atoms with Gasteiger partial charge in [0.15, 0.2) is 6.10 Å². The highest BCUT2D eigenvalue weighted by molar-refractivity contribution is 6.03. The predicted molar refractivity (Wildman–Crippen MR) is 150 cm³/mol. The number of benzene rings is 3. The van der Waals surface area contributed by atoms with E-state index in [-0.39, 0.29) is 18.1 Å². The molecule has 8 atom stereocenters. The molecule has 5 N–H and O–H groups in total. The third-order valence-electron chi connectivity index (χ3n) is 7.82. The summed E-state index contributed by atoms with van der Waals surface area (Å²) in [6, 6.07) is 18.6. The Balaban J connectivity index is 1.35. The van der Waals surface area contributed by atoms with E-state index < -0.39 is 60.6 Å². The van der Waals surface area contributed by atoms with Gasteiger partial charge in [-0.15, -0.1) is 6.42 Å². The number of carboxylic acids is 1. The van der Waals surface area contributed by atoms with E-state index in [1.807, 2.05) is 0 Å². The maximum absolute atomic E-state index is 13.4. The number of aliphatic carboxylic acids is 1. The standard InChI is InChI=1S/C32H30FNO9/c1-2-17-3-11-21(12-4-17)34-25(23(30(34)39)15-16-24(35)18-5-9-20(33)10-6-18)19-7-13-22(14-8-19)42-32-28(38)26(36)27(37)29(43-32)31(40)41/h1,3-14,23-29,32,35-38H,15-16H2,(H,40,41)/t23?,24-,25+,26-,27-,28+,29-,32+/m0/s1. The lowest BCUT2D eigenvalue weighted by Gasteiger charge is -2.48. The number of carboxylic acid groups (broad SMARTS) is 1. The lowest BCUT2D eigenvalue weighted by molar-refractivity contribution is -0.271. The van der Waals surface area contributed by atoms with Gasteiger partial charge in [0.1, 0.15) is 29.9 Å². The van der Waals surface area contributed by atoms with Crippen molar-refractivity contribution in [2.45, 2.75) is 55.7 Å². The Hall–Kier alpha value is -4.31. The first-order valence-electron chi connectivity index (χ1n) is 13.6. The van der Waals surface area contributed by atoms with Crippen molar-refractivity contribution in [3.8, 4) is 18.1 Å². The highest BCUT2D eigenvalue weighted by Gasteiger charge is 2.49. The molecule has 0 aliphatic carbocycles. The van der Waals surface area contributed by atoms with Crippen LogP contribution in [0.3, 0.4) is 0 Å². The molecule has 2 aliphatic rings. The topological polar surface area (TPSA) is 157 Å². The molecule has 224 valence electrons. The number of halogens is 1. The van der Waals surface area contributed by atoms with Gasteiger partial charge in [0.2, 0.25) is 12.2 Å². The van der Waals surface area contributed by atoms with Gasteiger partial charge >= 0.3 is 5.97 Å². The van der Waals surface area contributed by atoms with E-state index >= 15 is 0 Å². The molecule has 0 bridgehead atoms. The smallest absolute Gasteiger partial charge is 0.335 e. The highest BCUT2D eigenvalue weighted by atomic mass is 19.1. The second-order valence-electron chi connectivity index (χ2n) is 10.5. The van der Waals surface area contributed by atoms with E-state index in [0.717, 1.165) is 5.56 Å². The number of nitrogens with zero attached hydrogens (tertiary/aromatic N) is 1.